The molecule has 7 nitrogen and oxygen atoms in total. The third kappa shape index (κ3) is 4.29. The quantitative estimate of drug-likeness (QED) is 0.695. The van der Waals surface area contributed by atoms with Gasteiger partial charge in [-0.15, -0.1) is 0 Å². The normalized spacial score (nSPS) is 12.0. The third-order valence-electron chi connectivity index (χ3n) is 4.40. The number of amides is 1. The molecule has 0 aliphatic heterocycles. The van der Waals surface area contributed by atoms with E-state index in [1.54, 1.807) is 13.1 Å². The molecule has 140 valence electrons. The van der Waals surface area contributed by atoms with Crippen LogP contribution in [0.25, 0.3) is 11.0 Å². The van der Waals surface area contributed by atoms with Crippen LogP contribution in [0.4, 0.5) is 5.69 Å². The van der Waals surface area contributed by atoms with Crippen molar-refractivity contribution in [3.05, 3.63) is 40.2 Å². The lowest BCUT2D eigenvalue weighted by atomic mass is 10.1. The number of ketones is 1. The topological polar surface area (TPSA) is 91.7 Å². The summed E-state index contributed by atoms with van der Waals surface area (Å²) < 4.78 is 5.35. The van der Waals surface area contributed by atoms with Crippen molar-refractivity contribution < 1.29 is 14.0 Å². The number of carbonyl (C=O) groups is 2. The van der Waals surface area contributed by atoms with Crippen LogP contribution in [-0.2, 0) is 4.79 Å². The van der Waals surface area contributed by atoms with Crippen LogP contribution in [0.3, 0.4) is 0 Å². The number of hydrogen-bond acceptors (Lipinski definition) is 6. The van der Waals surface area contributed by atoms with E-state index in [2.05, 4.69) is 29.4 Å². The SMILES string of the molecule is CCN(CC)c1ccc2cc(C(=O)NCC(NC)C(C)=O)c(=O)oc2c1. The summed E-state index contributed by atoms with van der Waals surface area (Å²) in [6.45, 7) is 7.33. The molecule has 1 amide bonds. The lowest BCUT2D eigenvalue weighted by Crippen LogP contribution is -2.44. The van der Waals surface area contributed by atoms with E-state index in [0.717, 1.165) is 18.8 Å². The fraction of sp³-hybridized carbons (Fsp3) is 0.421. The first-order chi connectivity index (χ1) is 12.4. The molecule has 26 heavy (non-hydrogen) atoms. The molecule has 2 rings (SSSR count). The first-order valence-corrected chi connectivity index (χ1v) is 8.70. The van der Waals surface area contributed by atoms with Crippen LogP contribution < -0.4 is 21.2 Å². The van der Waals surface area contributed by atoms with Crippen molar-refractivity contribution in [1.29, 1.82) is 0 Å². The van der Waals surface area contributed by atoms with Crippen LogP contribution in [0.5, 0.6) is 0 Å². The van der Waals surface area contributed by atoms with E-state index in [4.69, 9.17) is 4.42 Å². The minimum absolute atomic E-state index is 0.0773. The van der Waals surface area contributed by atoms with E-state index in [1.165, 1.54) is 13.0 Å². The lowest BCUT2D eigenvalue weighted by molar-refractivity contribution is -0.118. The molecule has 0 spiro atoms. The Balaban J connectivity index is 2.28. The van der Waals surface area contributed by atoms with Crippen LogP contribution in [0.2, 0.25) is 0 Å². The number of anilines is 1. The van der Waals surface area contributed by atoms with E-state index in [-0.39, 0.29) is 17.9 Å². The summed E-state index contributed by atoms with van der Waals surface area (Å²) in [4.78, 5) is 38.1. The van der Waals surface area contributed by atoms with Gasteiger partial charge in [0, 0.05) is 36.8 Å². The number of nitrogens with zero attached hydrogens (tertiary/aromatic N) is 1. The van der Waals surface area contributed by atoms with Gasteiger partial charge in [-0.25, -0.2) is 4.79 Å². The molecule has 1 heterocycles. The van der Waals surface area contributed by atoms with Gasteiger partial charge in [-0.2, -0.15) is 0 Å². The Bertz CT molecular complexity index is 855. The minimum Gasteiger partial charge on any atom is -0.422 e. The summed E-state index contributed by atoms with van der Waals surface area (Å²) in [5.41, 5.74) is 0.621. The van der Waals surface area contributed by atoms with Gasteiger partial charge in [0.05, 0.1) is 6.04 Å². The maximum absolute atomic E-state index is 12.3. The molecule has 1 aromatic heterocycles. The second kappa shape index (κ2) is 8.62. The number of nitrogens with one attached hydrogen (secondary N) is 2. The van der Waals surface area contributed by atoms with Crippen LogP contribution in [0.1, 0.15) is 31.1 Å². The minimum atomic E-state index is -0.699. The number of rotatable bonds is 8. The summed E-state index contributed by atoms with van der Waals surface area (Å²) >= 11 is 0. The van der Waals surface area contributed by atoms with Crippen LogP contribution in [0.15, 0.2) is 33.5 Å². The average Bonchev–Trinajstić information content (AvgIpc) is 2.62. The molecule has 2 N–H and O–H groups in total. The van der Waals surface area contributed by atoms with Crippen molar-refractivity contribution in [2.75, 3.05) is 31.6 Å². The number of hydrogen-bond donors (Lipinski definition) is 2. The zero-order valence-electron chi connectivity index (χ0n) is 15.6. The van der Waals surface area contributed by atoms with Crippen LogP contribution >= 0.6 is 0 Å². The van der Waals surface area contributed by atoms with Crippen molar-refractivity contribution in [2.45, 2.75) is 26.8 Å². The molecule has 0 fully saturated rings. The lowest BCUT2D eigenvalue weighted by Gasteiger charge is -2.21. The fourth-order valence-electron chi connectivity index (χ4n) is 2.78. The Hall–Kier alpha value is -2.67. The van der Waals surface area contributed by atoms with Gasteiger partial charge in [0.1, 0.15) is 16.9 Å². The van der Waals surface area contributed by atoms with E-state index in [9.17, 15) is 14.4 Å². The van der Waals surface area contributed by atoms with Gasteiger partial charge in [0.25, 0.3) is 5.91 Å². The van der Waals surface area contributed by atoms with Gasteiger partial charge in [0.2, 0.25) is 0 Å². The maximum atomic E-state index is 12.3. The maximum Gasteiger partial charge on any atom is 0.349 e. The number of benzene rings is 1. The Morgan fingerprint density at radius 2 is 1.88 bits per heavy atom. The Morgan fingerprint density at radius 3 is 2.46 bits per heavy atom. The Kier molecular flexibility index (Phi) is 6.52. The van der Waals surface area contributed by atoms with Crippen molar-refractivity contribution in [1.82, 2.24) is 10.6 Å². The van der Waals surface area contributed by atoms with Crippen molar-refractivity contribution in [3.8, 4) is 0 Å². The highest BCUT2D eigenvalue weighted by molar-refractivity contribution is 5.97. The van der Waals surface area contributed by atoms with Crippen LogP contribution in [-0.4, -0.2) is 44.4 Å². The van der Waals surface area contributed by atoms with E-state index in [1.807, 2.05) is 12.1 Å². The van der Waals surface area contributed by atoms with Gasteiger partial charge >= 0.3 is 5.63 Å². The molecule has 1 aromatic carbocycles. The van der Waals surface area contributed by atoms with Crippen molar-refractivity contribution >= 4 is 28.3 Å². The summed E-state index contributed by atoms with van der Waals surface area (Å²) in [7, 11) is 1.64. The standard InChI is InChI=1S/C19H25N3O4/c1-5-22(6-2)14-8-7-13-9-15(19(25)26-17(13)10-14)18(24)21-11-16(20-4)12(3)23/h7-10,16,20H,5-6,11H2,1-4H3,(H,21,24). The number of Topliss-reactive ketones (excluding diaryl/α,β-unsaturated/α-hetero) is 1. The second-order valence-electron chi connectivity index (χ2n) is 6.00. The van der Waals surface area contributed by atoms with Gasteiger partial charge in [-0.3, -0.25) is 9.59 Å². The van der Waals surface area contributed by atoms with E-state index < -0.39 is 17.6 Å². The summed E-state index contributed by atoms with van der Waals surface area (Å²) in [6, 6.07) is 6.59. The van der Waals surface area contributed by atoms with Gasteiger partial charge < -0.3 is 20.0 Å². The van der Waals surface area contributed by atoms with E-state index in [0.29, 0.717) is 11.0 Å². The fourth-order valence-corrected chi connectivity index (χ4v) is 2.78. The molecule has 1 atom stereocenters. The first-order valence-electron chi connectivity index (χ1n) is 8.70. The average molecular weight is 359 g/mol. The molecule has 0 aliphatic rings. The highest BCUT2D eigenvalue weighted by Crippen LogP contribution is 2.21. The van der Waals surface area contributed by atoms with Gasteiger partial charge in [0.15, 0.2) is 0 Å². The molecular formula is C19H25N3O4. The molecule has 7 heteroatoms. The third-order valence-corrected chi connectivity index (χ3v) is 4.40. The molecule has 2 aromatic rings. The Labute approximate surface area is 152 Å². The second-order valence-corrected chi connectivity index (χ2v) is 6.00. The predicted octanol–water partition coefficient (Wildman–Crippen LogP) is 1.55. The van der Waals surface area contributed by atoms with E-state index >= 15 is 0 Å². The highest BCUT2D eigenvalue weighted by Gasteiger charge is 2.17. The molecule has 0 radical (unpaired) electrons. The number of fused-ring (bicyclic) bond motifs is 1. The van der Waals surface area contributed by atoms with Crippen LogP contribution in [0, 0.1) is 0 Å². The monoisotopic (exact) mass is 359 g/mol. The molecule has 0 saturated carbocycles. The zero-order valence-corrected chi connectivity index (χ0v) is 15.6. The van der Waals surface area contributed by atoms with Gasteiger partial charge in [-0.05, 0) is 46.0 Å². The molecular weight excluding hydrogens is 334 g/mol. The summed E-state index contributed by atoms with van der Waals surface area (Å²) in [5, 5.41) is 6.07. The molecule has 0 saturated heterocycles. The smallest absolute Gasteiger partial charge is 0.349 e. The molecule has 0 bridgehead atoms. The largest absolute Gasteiger partial charge is 0.422 e. The molecule has 0 aliphatic carbocycles. The molecule has 1 unspecified atom stereocenters. The van der Waals surface area contributed by atoms with Crippen molar-refractivity contribution in [3.63, 3.8) is 0 Å². The number of likely N-dealkylation sites (N-methyl/N-ethyl adjacent to an activating group) is 1. The highest BCUT2D eigenvalue weighted by atomic mass is 16.4. The Morgan fingerprint density at radius 1 is 1.19 bits per heavy atom. The summed E-state index contributed by atoms with van der Waals surface area (Å²) in [6.07, 6.45) is 0. The number of carbonyl (C=O) groups excluding carboxylic acids is 2. The zero-order chi connectivity index (χ0) is 19.3. The van der Waals surface area contributed by atoms with Crippen molar-refractivity contribution in [2.24, 2.45) is 0 Å². The van der Waals surface area contributed by atoms with Gasteiger partial charge in [-0.1, -0.05) is 0 Å². The summed E-state index contributed by atoms with van der Waals surface area (Å²) in [5.74, 6) is -0.655. The predicted molar refractivity (Wildman–Crippen MR) is 102 cm³/mol. The first kappa shape index (κ1) is 19.7.